The molecule has 2 aromatic carbocycles. The van der Waals surface area contributed by atoms with E-state index in [0.29, 0.717) is 50.7 Å². The third-order valence-corrected chi connectivity index (χ3v) is 10.1. The summed E-state index contributed by atoms with van der Waals surface area (Å²) in [5.74, 6) is -4.35. The van der Waals surface area contributed by atoms with E-state index in [-0.39, 0.29) is 86.4 Å². The van der Waals surface area contributed by atoms with Crippen molar-refractivity contribution >= 4 is 45.8 Å². The first-order valence-electron chi connectivity index (χ1n) is 17.9. The number of piperidine rings is 1. The Morgan fingerprint density at radius 1 is 0.907 bits per heavy atom. The average Bonchev–Trinajstić information content (AvgIpc) is 3.73. The van der Waals surface area contributed by atoms with Crippen LogP contribution in [0, 0.1) is 11.6 Å². The first kappa shape index (κ1) is 39.2. The van der Waals surface area contributed by atoms with Crippen LogP contribution in [0.2, 0.25) is 0 Å². The van der Waals surface area contributed by atoms with Gasteiger partial charge in [0.1, 0.15) is 0 Å². The Morgan fingerprint density at radius 2 is 1.61 bits per heavy atom. The zero-order valence-electron chi connectivity index (χ0n) is 29.6. The number of hydrogen-bond acceptors (Lipinski definition) is 12. The number of carbonyl (C=O) groups excluding carboxylic acids is 4. The van der Waals surface area contributed by atoms with Gasteiger partial charge in [-0.2, -0.15) is 4.39 Å². The van der Waals surface area contributed by atoms with Crippen molar-refractivity contribution < 1.29 is 51.6 Å². The van der Waals surface area contributed by atoms with E-state index >= 15 is 0 Å². The van der Waals surface area contributed by atoms with Crippen molar-refractivity contribution in [2.75, 3.05) is 76.2 Å². The number of carbonyl (C=O) groups is 4. The largest absolute Gasteiger partial charge is 0.480 e. The van der Waals surface area contributed by atoms with Crippen LogP contribution in [0.25, 0.3) is 11.3 Å². The molecule has 14 nitrogen and oxygen atoms in total. The summed E-state index contributed by atoms with van der Waals surface area (Å²) in [6.45, 7) is 2.48. The molecule has 3 aromatic rings. The van der Waals surface area contributed by atoms with Gasteiger partial charge in [0.25, 0.3) is 5.91 Å². The number of halogens is 2. The van der Waals surface area contributed by atoms with Crippen molar-refractivity contribution in [2.45, 2.75) is 50.1 Å². The molecule has 0 radical (unpaired) electrons. The number of nitrogens with zero attached hydrogens (tertiary/aromatic N) is 2. The van der Waals surface area contributed by atoms with Gasteiger partial charge in [0.2, 0.25) is 23.5 Å². The topological polar surface area (TPSA) is 167 Å². The van der Waals surface area contributed by atoms with Crippen molar-refractivity contribution in [1.29, 1.82) is 0 Å². The quantitative estimate of drug-likeness (QED) is 0.121. The molecule has 0 aliphatic carbocycles. The second-order valence-electron chi connectivity index (χ2n) is 13.0. The van der Waals surface area contributed by atoms with E-state index in [4.69, 9.17) is 28.7 Å². The number of fused-ring (bicyclic) bond motifs is 2. The summed E-state index contributed by atoms with van der Waals surface area (Å²) in [4.78, 5) is 55.0. The number of thiazole rings is 1. The van der Waals surface area contributed by atoms with Gasteiger partial charge in [-0.15, -0.1) is 11.3 Å². The fourth-order valence-corrected chi connectivity index (χ4v) is 7.48. The highest BCUT2D eigenvalue weighted by Gasteiger charge is 2.39. The summed E-state index contributed by atoms with van der Waals surface area (Å²) in [7, 11) is 0. The summed E-state index contributed by atoms with van der Waals surface area (Å²) in [5.41, 5.74) is 2.08. The van der Waals surface area contributed by atoms with Crippen LogP contribution in [-0.2, 0) is 38.1 Å². The number of benzene rings is 2. The zero-order chi connectivity index (χ0) is 37.9. The van der Waals surface area contributed by atoms with E-state index < -0.39 is 24.1 Å². The van der Waals surface area contributed by atoms with Gasteiger partial charge in [0, 0.05) is 29.6 Å². The Balaban J connectivity index is 0.795. The van der Waals surface area contributed by atoms with Gasteiger partial charge in [0.05, 0.1) is 83.0 Å². The molecule has 3 unspecified atom stereocenters. The molecule has 3 N–H and O–H groups in total. The van der Waals surface area contributed by atoms with Crippen molar-refractivity contribution in [3.63, 3.8) is 0 Å². The van der Waals surface area contributed by atoms with Gasteiger partial charge in [-0.25, -0.2) is 9.37 Å². The Morgan fingerprint density at radius 3 is 2.33 bits per heavy atom. The lowest BCUT2D eigenvalue weighted by Gasteiger charge is -2.34. The van der Waals surface area contributed by atoms with E-state index in [0.717, 1.165) is 29.6 Å². The number of imide groups is 1. The lowest BCUT2D eigenvalue weighted by Crippen LogP contribution is -2.45. The number of amides is 4. The predicted molar refractivity (Wildman–Crippen MR) is 193 cm³/mol. The number of hydrogen-bond donors (Lipinski definition) is 3. The SMILES string of the molecule is O=C(COc1c(-c2csc(N3C4CCC3COC4)n2)ccc(F)c1F)NCCOCCOCCOCCC(=O)Nc1ccc(C2CCC(=O)NC2=O)cc1. The molecule has 1 aromatic heterocycles. The maximum absolute atomic E-state index is 14.9. The molecule has 3 atom stereocenters. The highest BCUT2D eigenvalue weighted by molar-refractivity contribution is 7.14. The minimum absolute atomic E-state index is 0.149. The third-order valence-electron chi connectivity index (χ3n) is 9.25. The highest BCUT2D eigenvalue weighted by atomic mass is 32.1. The smallest absolute Gasteiger partial charge is 0.258 e. The minimum atomic E-state index is -1.19. The zero-order valence-corrected chi connectivity index (χ0v) is 30.4. The molecule has 2 bridgehead atoms. The molecule has 290 valence electrons. The molecular formula is C37H43F2N5O9S. The summed E-state index contributed by atoms with van der Waals surface area (Å²) < 4.78 is 56.5. The fraction of sp³-hybridized carbons (Fsp3) is 0.486. The van der Waals surface area contributed by atoms with Crippen molar-refractivity contribution in [2.24, 2.45) is 0 Å². The Hall–Kier alpha value is -4.55. The molecule has 0 saturated carbocycles. The Bertz CT molecular complexity index is 1760. The first-order valence-corrected chi connectivity index (χ1v) is 18.8. The molecule has 3 fully saturated rings. The van der Waals surface area contributed by atoms with E-state index in [2.05, 4.69) is 20.9 Å². The van der Waals surface area contributed by atoms with Crippen molar-refractivity contribution in [3.05, 3.63) is 59.0 Å². The Labute approximate surface area is 314 Å². The lowest BCUT2D eigenvalue weighted by molar-refractivity contribution is -0.134. The first-order chi connectivity index (χ1) is 26.3. The molecule has 3 aliphatic heterocycles. The number of rotatable bonds is 19. The molecule has 4 heterocycles. The van der Waals surface area contributed by atoms with Gasteiger partial charge < -0.3 is 39.2 Å². The van der Waals surface area contributed by atoms with Gasteiger partial charge in [-0.05, 0) is 49.1 Å². The van der Waals surface area contributed by atoms with Crippen LogP contribution in [0.15, 0.2) is 41.8 Å². The second-order valence-corrected chi connectivity index (χ2v) is 13.8. The summed E-state index contributed by atoms with van der Waals surface area (Å²) in [6, 6.07) is 9.88. The van der Waals surface area contributed by atoms with Crippen LogP contribution in [0.4, 0.5) is 19.6 Å². The molecule has 3 saturated heterocycles. The number of anilines is 2. The minimum Gasteiger partial charge on any atom is -0.480 e. The number of ether oxygens (including phenoxy) is 5. The van der Waals surface area contributed by atoms with Crippen LogP contribution in [0.1, 0.15) is 43.6 Å². The van der Waals surface area contributed by atoms with E-state index in [1.54, 1.807) is 29.6 Å². The highest BCUT2D eigenvalue weighted by Crippen LogP contribution is 2.40. The summed E-state index contributed by atoms with van der Waals surface area (Å²) in [5, 5.41) is 10.3. The number of aromatic nitrogens is 1. The van der Waals surface area contributed by atoms with Crippen molar-refractivity contribution in [1.82, 2.24) is 15.6 Å². The molecule has 17 heteroatoms. The fourth-order valence-electron chi connectivity index (χ4n) is 6.51. The molecular weight excluding hydrogens is 728 g/mol. The molecule has 54 heavy (non-hydrogen) atoms. The van der Waals surface area contributed by atoms with Crippen LogP contribution >= 0.6 is 11.3 Å². The van der Waals surface area contributed by atoms with E-state index in [9.17, 15) is 28.0 Å². The number of nitrogens with one attached hydrogen (secondary N) is 3. The lowest BCUT2D eigenvalue weighted by atomic mass is 9.90. The predicted octanol–water partition coefficient (Wildman–Crippen LogP) is 3.55. The molecule has 4 amide bonds. The Kier molecular flexibility index (Phi) is 13.9. The maximum Gasteiger partial charge on any atom is 0.258 e. The van der Waals surface area contributed by atoms with Crippen LogP contribution < -0.4 is 25.6 Å². The van der Waals surface area contributed by atoms with E-state index in [1.165, 1.54) is 17.4 Å². The molecule has 6 rings (SSSR count). The summed E-state index contributed by atoms with van der Waals surface area (Å²) >= 11 is 1.42. The monoisotopic (exact) mass is 771 g/mol. The molecule has 3 aliphatic rings. The van der Waals surface area contributed by atoms with Gasteiger partial charge >= 0.3 is 0 Å². The normalized spacial score (nSPS) is 19.4. The van der Waals surface area contributed by atoms with Gasteiger partial charge in [0.15, 0.2) is 23.3 Å². The van der Waals surface area contributed by atoms with Gasteiger partial charge in [-0.1, -0.05) is 12.1 Å². The summed E-state index contributed by atoms with van der Waals surface area (Å²) in [6.07, 6.45) is 2.95. The van der Waals surface area contributed by atoms with Crippen LogP contribution in [0.5, 0.6) is 5.75 Å². The van der Waals surface area contributed by atoms with Crippen LogP contribution in [-0.4, -0.2) is 107 Å². The van der Waals surface area contributed by atoms with Gasteiger partial charge in [-0.3, -0.25) is 24.5 Å². The maximum atomic E-state index is 14.9. The standard InChI is InChI=1S/C37H43F2N5O9S/c38-29-9-7-28(30-22-54-37(42-30)44-25-5-6-26(44)20-52-19-25)35(34(29)39)53-21-33(47)40-12-14-50-16-18-51-17-15-49-13-11-32(46)41-24-3-1-23(2-4-24)27-8-10-31(45)43-36(27)48/h1-4,7,9,22,25-27H,5-6,8,10-21H2,(H,40,47)(H,41,46)(H,43,45,48). The molecule has 0 spiro atoms. The van der Waals surface area contributed by atoms with Crippen LogP contribution in [0.3, 0.4) is 0 Å². The van der Waals surface area contributed by atoms with Crippen molar-refractivity contribution in [3.8, 4) is 17.0 Å². The van der Waals surface area contributed by atoms with E-state index in [1.807, 2.05) is 0 Å². The second kappa shape index (κ2) is 19.2. The average molecular weight is 772 g/mol. The third kappa shape index (κ3) is 10.4. The number of morpholine rings is 1.